The summed E-state index contributed by atoms with van der Waals surface area (Å²) in [5.74, 6) is 0.125. The Kier molecular flexibility index (Phi) is 2.87. The molecule has 0 amide bonds. The van der Waals surface area contributed by atoms with Gasteiger partial charge in [0.2, 0.25) is 0 Å². The van der Waals surface area contributed by atoms with Crippen molar-refractivity contribution in [3.8, 4) is 5.75 Å². The molecule has 0 unspecified atom stereocenters. The largest absolute Gasteiger partial charge is 0.506 e. The second-order valence-electron chi connectivity index (χ2n) is 4.04. The summed E-state index contributed by atoms with van der Waals surface area (Å²) in [5, 5.41) is 22.4. The quantitative estimate of drug-likeness (QED) is 0.733. The van der Waals surface area contributed by atoms with Crippen molar-refractivity contribution >= 4 is 11.6 Å². The van der Waals surface area contributed by atoms with Gasteiger partial charge in [-0.25, -0.2) is 0 Å². The summed E-state index contributed by atoms with van der Waals surface area (Å²) >= 11 is 5.79. The highest BCUT2D eigenvalue weighted by Crippen LogP contribution is 2.35. The number of hydrogen-bond donors (Lipinski definition) is 3. The molecule has 1 fully saturated rings. The molecule has 1 aliphatic rings. The van der Waals surface area contributed by atoms with Gasteiger partial charge in [0.05, 0.1) is 11.6 Å². The van der Waals surface area contributed by atoms with Gasteiger partial charge in [0, 0.05) is 17.6 Å². The van der Waals surface area contributed by atoms with Crippen LogP contribution in [0.3, 0.4) is 0 Å². The van der Waals surface area contributed by atoms with Crippen molar-refractivity contribution in [3.63, 3.8) is 0 Å². The first-order valence-electron chi connectivity index (χ1n) is 4.99. The summed E-state index contributed by atoms with van der Waals surface area (Å²) in [4.78, 5) is 0. The summed E-state index contributed by atoms with van der Waals surface area (Å²) in [7, 11) is 0. The summed E-state index contributed by atoms with van der Waals surface area (Å²) in [6.45, 7) is 0.682. The minimum atomic E-state index is -0.116. The fraction of sp³-hybridized carbons (Fsp3) is 0.455. The van der Waals surface area contributed by atoms with Crippen molar-refractivity contribution in [1.29, 1.82) is 0 Å². The van der Waals surface area contributed by atoms with Gasteiger partial charge >= 0.3 is 0 Å². The molecule has 0 spiro atoms. The predicted octanol–water partition coefficient (Wildman–Crippen LogP) is 1.66. The molecule has 82 valence electrons. The van der Waals surface area contributed by atoms with Gasteiger partial charge in [-0.15, -0.1) is 0 Å². The van der Waals surface area contributed by atoms with Crippen LogP contribution in [0.1, 0.15) is 18.4 Å². The molecule has 2 rings (SSSR count). The molecular weight excluding hydrogens is 214 g/mol. The van der Waals surface area contributed by atoms with E-state index in [4.69, 9.17) is 16.7 Å². The van der Waals surface area contributed by atoms with Gasteiger partial charge in [-0.1, -0.05) is 23.7 Å². The number of aliphatic hydroxyl groups excluding tert-OH is 1. The lowest BCUT2D eigenvalue weighted by atomic mass is 10.2. The fourth-order valence-corrected chi connectivity index (χ4v) is 1.72. The summed E-state index contributed by atoms with van der Waals surface area (Å²) in [6.07, 6.45) is 1.98. The molecule has 3 nitrogen and oxygen atoms in total. The second kappa shape index (κ2) is 4.00. The van der Waals surface area contributed by atoms with E-state index in [9.17, 15) is 5.11 Å². The lowest BCUT2D eigenvalue weighted by Gasteiger charge is -2.15. The number of benzene rings is 1. The molecule has 0 saturated heterocycles. The molecule has 0 aliphatic heterocycles. The lowest BCUT2D eigenvalue weighted by molar-refractivity contribution is 0.229. The average molecular weight is 228 g/mol. The third-order valence-corrected chi connectivity index (χ3v) is 3.19. The maximum absolute atomic E-state index is 9.65. The first kappa shape index (κ1) is 10.7. The maximum atomic E-state index is 9.65. The van der Waals surface area contributed by atoms with E-state index in [1.165, 1.54) is 0 Å². The second-order valence-corrected chi connectivity index (χ2v) is 4.45. The highest BCUT2D eigenvalue weighted by atomic mass is 35.5. The Morgan fingerprint density at radius 2 is 2.13 bits per heavy atom. The number of hydrogen-bond acceptors (Lipinski definition) is 3. The van der Waals surface area contributed by atoms with Crippen LogP contribution in [0.2, 0.25) is 5.02 Å². The van der Waals surface area contributed by atoms with Crippen LogP contribution in [0.5, 0.6) is 5.75 Å². The number of aromatic hydroxyl groups is 1. The molecule has 0 bridgehead atoms. The van der Waals surface area contributed by atoms with E-state index in [0.29, 0.717) is 11.6 Å². The Hall–Kier alpha value is -0.770. The molecule has 0 atom stereocenters. The predicted molar refractivity (Wildman–Crippen MR) is 59.0 cm³/mol. The molecule has 0 radical (unpaired) electrons. The fourth-order valence-electron chi connectivity index (χ4n) is 1.53. The van der Waals surface area contributed by atoms with Crippen LogP contribution in [-0.4, -0.2) is 22.4 Å². The molecule has 4 heteroatoms. The van der Waals surface area contributed by atoms with Crippen LogP contribution in [0.25, 0.3) is 0 Å². The Morgan fingerprint density at radius 3 is 2.73 bits per heavy atom. The molecule has 3 N–H and O–H groups in total. The van der Waals surface area contributed by atoms with Crippen molar-refractivity contribution in [1.82, 2.24) is 5.32 Å². The van der Waals surface area contributed by atoms with Crippen LogP contribution in [0.15, 0.2) is 18.2 Å². The van der Waals surface area contributed by atoms with Crippen molar-refractivity contribution in [2.24, 2.45) is 0 Å². The third-order valence-electron chi connectivity index (χ3n) is 2.88. The highest BCUT2D eigenvalue weighted by molar-refractivity contribution is 6.32. The molecule has 1 aromatic carbocycles. The van der Waals surface area contributed by atoms with Gasteiger partial charge in [0.15, 0.2) is 0 Å². The van der Waals surface area contributed by atoms with E-state index >= 15 is 0 Å². The Bertz CT molecular complexity index is 364. The number of nitrogens with one attached hydrogen (secondary N) is 1. The molecule has 0 heterocycles. The molecule has 1 aromatic rings. The average Bonchev–Trinajstić information content (AvgIpc) is 3.01. The van der Waals surface area contributed by atoms with E-state index in [2.05, 4.69) is 5.32 Å². The van der Waals surface area contributed by atoms with E-state index in [-0.39, 0.29) is 17.9 Å². The van der Waals surface area contributed by atoms with E-state index in [1.807, 2.05) is 6.07 Å². The number of phenolic OH excluding ortho intramolecular Hbond substituents is 1. The lowest BCUT2D eigenvalue weighted by Crippen LogP contribution is -2.34. The number of halogens is 1. The molecular formula is C11H14ClNO2. The molecule has 1 saturated carbocycles. The van der Waals surface area contributed by atoms with Crippen molar-refractivity contribution in [2.45, 2.75) is 24.9 Å². The first-order chi connectivity index (χ1) is 7.17. The minimum absolute atomic E-state index is 0.116. The molecule has 1 aliphatic carbocycles. The molecule has 0 aromatic heterocycles. The summed E-state index contributed by atoms with van der Waals surface area (Å²) in [6, 6.07) is 5.28. The van der Waals surface area contributed by atoms with Crippen LogP contribution in [0, 0.1) is 0 Å². The Morgan fingerprint density at radius 1 is 1.40 bits per heavy atom. The smallest absolute Gasteiger partial charge is 0.138 e. The van der Waals surface area contributed by atoms with Crippen LogP contribution < -0.4 is 5.32 Å². The van der Waals surface area contributed by atoms with Gasteiger partial charge in [-0.3, -0.25) is 0 Å². The maximum Gasteiger partial charge on any atom is 0.138 e. The number of aliphatic hydroxyl groups is 1. The third kappa shape index (κ3) is 2.25. The SMILES string of the molecule is OCC1(NCc2cccc(Cl)c2O)CC1. The first-order valence-corrected chi connectivity index (χ1v) is 5.37. The van der Waals surface area contributed by atoms with Crippen LogP contribution in [-0.2, 0) is 6.54 Å². The zero-order valence-corrected chi connectivity index (χ0v) is 9.09. The minimum Gasteiger partial charge on any atom is -0.506 e. The van der Waals surface area contributed by atoms with E-state index < -0.39 is 0 Å². The monoisotopic (exact) mass is 227 g/mol. The van der Waals surface area contributed by atoms with Gasteiger partial charge in [0.25, 0.3) is 0 Å². The van der Waals surface area contributed by atoms with Gasteiger partial charge in [-0.05, 0) is 18.9 Å². The Balaban J connectivity index is 2.02. The van der Waals surface area contributed by atoms with E-state index in [1.54, 1.807) is 12.1 Å². The van der Waals surface area contributed by atoms with Crippen molar-refractivity contribution in [3.05, 3.63) is 28.8 Å². The summed E-state index contributed by atoms with van der Waals surface area (Å²) in [5.41, 5.74) is 0.650. The van der Waals surface area contributed by atoms with E-state index in [0.717, 1.165) is 18.4 Å². The Labute approximate surface area is 93.7 Å². The standard InChI is InChI=1S/C11H14ClNO2/c12-9-3-1-2-8(10(9)15)6-13-11(7-14)4-5-11/h1-3,13-15H,4-7H2. The zero-order chi connectivity index (χ0) is 10.9. The highest BCUT2D eigenvalue weighted by Gasteiger charge is 2.41. The van der Waals surface area contributed by atoms with Gasteiger partial charge < -0.3 is 15.5 Å². The number of phenols is 1. The topological polar surface area (TPSA) is 52.5 Å². The van der Waals surface area contributed by atoms with Crippen LogP contribution in [0.4, 0.5) is 0 Å². The zero-order valence-electron chi connectivity index (χ0n) is 8.33. The normalized spacial score (nSPS) is 17.7. The number of para-hydroxylation sites is 1. The summed E-state index contributed by atoms with van der Waals surface area (Å²) < 4.78 is 0. The van der Waals surface area contributed by atoms with Crippen molar-refractivity contribution in [2.75, 3.05) is 6.61 Å². The van der Waals surface area contributed by atoms with Crippen molar-refractivity contribution < 1.29 is 10.2 Å². The van der Waals surface area contributed by atoms with Gasteiger partial charge in [0.1, 0.15) is 5.75 Å². The van der Waals surface area contributed by atoms with Gasteiger partial charge in [-0.2, -0.15) is 0 Å². The molecule has 15 heavy (non-hydrogen) atoms. The number of rotatable bonds is 4. The van der Waals surface area contributed by atoms with Crippen LogP contribution >= 0.6 is 11.6 Å².